The molecule has 0 aromatic heterocycles. The fourth-order valence-electron chi connectivity index (χ4n) is 2.62. The molecule has 0 heterocycles. The van der Waals surface area contributed by atoms with Crippen molar-refractivity contribution in [2.24, 2.45) is 4.99 Å². The maximum Gasteiger partial charge on any atom is 0.191 e. The number of benzene rings is 2. The Hall–Kier alpha value is -2.53. The van der Waals surface area contributed by atoms with E-state index in [0.29, 0.717) is 6.54 Å². The van der Waals surface area contributed by atoms with Crippen LogP contribution in [0.25, 0.3) is 0 Å². The first-order valence-electron chi connectivity index (χ1n) is 9.11. The number of hydrogen-bond donors (Lipinski definition) is 3. The number of nitrogens with zero attached hydrogens (tertiary/aromatic N) is 1. The van der Waals surface area contributed by atoms with E-state index < -0.39 is 6.10 Å². The van der Waals surface area contributed by atoms with Gasteiger partial charge in [-0.15, -0.1) is 0 Å². The van der Waals surface area contributed by atoms with E-state index in [2.05, 4.69) is 39.9 Å². The summed E-state index contributed by atoms with van der Waals surface area (Å²) < 4.78 is 5.20. The molecule has 0 saturated heterocycles. The van der Waals surface area contributed by atoms with E-state index in [4.69, 9.17) is 4.74 Å². The molecule has 1 unspecified atom stereocenters. The van der Waals surface area contributed by atoms with Crippen molar-refractivity contribution in [1.82, 2.24) is 10.6 Å². The number of aliphatic hydroxyl groups is 1. The molecule has 0 fully saturated rings. The molecule has 26 heavy (non-hydrogen) atoms. The van der Waals surface area contributed by atoms with E-state index in [0.717, 1.165) is 43.2 Å². The molecular weight excluding hydrogens is 326 g/mol. The van der Waals surface area contributed by atoms with E-state index in [1.54, 1.807) is 7.11 Å². The molecule has 0 saturated carbocycles. The highest BCUT2D eigenvalue weighted by Gasteiger charge is 2.08. The van der Waals surface area contributed by atoms with Crippen molar-refractivity contribution in [3.05, 3.63) is 65.7 Å². The highest BCUT2D eigenvalue weighted by atomic mass is 16.5. The molecule has 2 rings (SSSR count). The van der Waals surface area contributed by atoms with Crippen LogP contribution < -0.4 is 15.4 Å². The standard InChI is InChI=1S/C21H29N3O2/c1-3-22-21(23-14-8-11-17-9-5-4-6-10-17)24-16-20(25)18-12-7-13-19(15-18)26-2/h4-7,9-10,12-13,15,20,25H,3,8,11,14,16H2,1-2H3,(H2,22,23,24). The molecule has 0 radical (unpaired) electrons. The van der Waals surface area contributed by atoms with Crippen molar-refractivity contribution in [1.29, 1.82) is 0 Å². The maximum atomic E-state index is 10.4. The number of nitrogens with one attached hydrogen (secondary N) is 2. The molecule has 1 atom stereocenters. The maximum absolute atomic E-state index is 10.4. The van der Waals surface area contributed by atoms with Gasteiger partial charge >= 0.3 is 0 Å². The molecule has 5 heteroatoms. The molecule has 2 aromatic rings. The lowest BCUT2D eigenvalue weighted by Gasteiger charge is -2.14. The van der Waals surface area contributed by atoms with Gasteiger partial charge in [0.2, 0.25) is 0 Å². The average molecular weight is 355 g/mol. The zero-order valence-electron chi connectivity index (χ0n) is 15.6. The summed E-state index contributed by atoms with van der Waals surface area (Å²) in [7, 11) is 1.62. The second-order valence-corrected chi connectivity index (χ2v) is 6.03. The van der Waals surface area contributed by atoms with E-state index in [-0.39, 0.29) is 0 Å². The lowest BCUT2D eigenvalue weighted by molar-refractivity contribution is 0.186. The van der Waals surface area contributed by atoms with Crippen LogP contribution in [0.15, 0.2) is 59.6 Å². The van der Waals surface area contributed by atoms with Gasteiger partial charge in [0.05, 0.1) is 19.8 Å². The van der Waals surface area contributed by atoms with E-state index >= 15 is 0 Å². The van der Waals surface area contributed by atoms with Gasteiger partial charge in [0.25, 0.3) is 0 Å². The molecule has 0 amide bonds. The molecule has 140 valence electrons. The average Bonchev–Trinajstić information content (AvgIpc) is 2.69. The summed E-state index contributed by atoms with van der Waals surface area (Å²) in [6.45, 7) is 3.93. The largest absolute Gasteiger partial charge is 0.497 e. The number of ether oxygens (including phenoxy) is 1. The van der Waals surface area contributed by atoms with Crippen LogP contribution in [0.4, 0.5) is 0 Å². The molecule has 0 bridgehead atoms. The minimum atomic E-state index is -0.662. The Morgan fingerprint density at radius 3 is 2.65 bits per heavy atom. The summed E-state index contributed by atoms with van der Waals surface area (Å²) in [5, 5.41) is 16.9. The monoisotopic (exact) mass is 355 g/mol. The lowest BCUT2D eigenvalue weighted by atomic mass is 10.1. The molecule has 0 aliphatic heterocycles. The first-order chi connectivity index (χ1) is 12.7. The number of aliphatic imine (C=N–C) groups is 1. The van der Waals surface area contributed by atoms with Gasteiger partial charge < -0.3 is 20.5 Å². The summed E-state index contributed by atoms with van der Waals surface area (Å²) in [5.41, 5.74) is 2.14. The lowest BCUT2D eigenvalue weighted by Crippen LogP contribution is -2.38. The van der Waals surface area contributed by atoms with E-state index in [1.165, 1.54) is 5.56 Å². The molecule has 0 aliphatic carbocycles. The zero-order chi connectivity index (χ0) is 18.6. The fourth-order valence-corrected chi connectivity index (χ4v) is 2.62. The van der Waals surface area contributed by atoms with Gasteiger partial charge in [-0.25, -0.2) is 0 Å². The smallest absolute Gasteiger partial charge is 0.191 e. The Balaban J connectivity index is 1.82. The Bertz CT molecular complexity index is 674. The molecule has 3 N–H and O–H groups in total. The van der Waals surface area contributed by atoms with Gasteiger partial charge in [0.1, 0.15) is 5.75 Å². The zero-order valence-corrected chi connectivity index (χ0v) is 15.6. The summed E-state index contributed by atoms with van der Waals surface area (Å²) in [6.07, 6.45) is 1.39. The van der Waals surface area contributed by atoms with Gasteiger partial charge in [-0.1, -0.05) is 42.5 Å². The summed E-state index contributed by atoms with van der Waals surface area (Å²) in [5.74, 6) is 1.46. The van der Waals surface area contributed by atoms with Crippen molar-refractivity contribution < 1.29 is 9.84 Å². The number of methoxy groups -OCH3 is 1. The first kappa shape index (κ1) is 19.8. The van der Waals surface area contributed by atoms with Crippen LogP contribution in [-0.2, 0) is 6.42 Å². The predicted molar refractivity (Wildman–Crippen MR) is 107 cm³/mol. The van der Waals surface area contributed by atoms with Crippen LogP contribution in [-0.4, -0.2) is 37.8 Å². The number of aliphatic hydroxyl groups excluding tert-OH is 1. The molecule has 2 aromatic carbocycles. The van der Waals surface area contributed by atoms with Gasteiger partial charge in [0, 0.05) is 13.1 Å². The fraction of sp³-hybridized carbons (Fsp3) is 0.381. The third kappa shape index (κ3) is 6.76. The van der Waals surface area contributed by atoms with Crippen LogP contribution in [0.3, 0.4) is 0 Å². The summed E-state index contributed by atoms with van der Waals surface area (Å²) in [4.78, 5) is 4.49. The van der Waals surface area contributed by atoms with Crippen molar-refractivity contribution in [3.8, 4) is 5.75 Å². The SMILES string of the molecule is CCNC(=NCC(O)c1cccc(OC)c1)NCCCc1ccccc1. The van der Waals surface area contributed by atoms with Crippen LogP contribution >= 0.6 is 0 Å². The highest BCUT2D eigenvalue weighted by molar-refractivity contribution is 5.79. The number of hydrogen-bond acceptors (Lipinski definition) is 3. The van der Waals surface area contributed by atoms with Gasteiger partial charge in [-0.05, 0) is 43.0 Å². The van der Waals surface area contributed by atoms with Crippen LogP contribution in [0.5, 0.6) is 5.75 Å². The van der Waals surface area contributed by atoms with Gasteiger partial charge in [0.15, 0.2) is 5.96 Å². The number of aryl methyl sites for hydroxylation is 1. The second kappa shape index (κ2) is 11.2. The molecule has 0 aliphatic rings. The Kier molecular flexibility index (Phi) is 8.49. The van der Waals surface area contributed by atoms with E-state index in [9.17, 15) is 5.11 Å². The van der Waals surface area contributed by atoms with Gasteiger partial charge in [-0.2, -0.15) is 0 Å². The number of rotatable bonds is 9. The summed E-state index contributed by atoms with van der Waals surface area (Å²) in [6, 6.07) is 17.9. The molecule has 5 nitrogen and oxygen atoms in total. The predicted octanol–water partition coefficient (Wildman–Crippen LogP) is 2.92. The first-order valence-corrected chi connectivity index (χ1v) is 9.11. The van der Waals surface area contributed by atoms with Crippen LogP contribution in [0, 0.1) is 0 Å². The highest BCUT2D eigenvalue weighted by Crippen LogP contribution is 2.19. The van der Waals surface area contributed by atoms with Crippen molar-refractivity contribution in [2.75, 3.05) is 26.7 Å². The number of guanidine groups is 1. The Morgan fingerprint density at radius 1 is 1.12 bits per heavy atom. The Labute approximate surface area is 156 Å². The molecule has 0 spiro atoms. The van der Waals surface area contributed by atoms with Crippen LogP contribution in [0.1, 0.15) is 30.6 Å². The van der Waals surface area contributed by atoms with E-state index in [1.807, 2.05) is 37.3 Å². The van der Waals surface area contributed by atoms with Crippen molar-refractivity contribution in [3.63, 3.8) is 0 Å². The van der Waals surface area contributed by atoms with Crippen LogP contribution in [0.2, 0.25) is 0 Å². The van der Waals surface area contributed by atoms with Gasteiger partial charge in [-0.3, -0.25) is 4.99 Å². The normalized spacial score (nSPS) is 12.5. The quantitative estimate of drug-likeness (QED) is 0.368. The Morgan fingerprint density at radius 2 is 1.92 bits per heavy atom. The molecular formula is C21H29N3O2. The minimum absolute atomic E-state index is 0.293. The third-order valence-electron chi connectivity index (χ3n) is 4.02. The van der Waals surface area contributed by atoms with Crippen molar-refractivity contribution >= 4 is 5.96 Å². The topological polar surface area (TPSA) is 65.9 Å². The van der Waals surface area contributed by atoms with Crippen molar-refractivity contribution in [2.45, 2.75) is 25.9 Å². The minimum Gasteiger partial charge on any atom is -0.497 e. The third-order valence-corrected chi connectivity index (χ3v) is 4.02. The second-order valence-electron chi connectivity index (χ2n) is 6.03. The summed E-state index contributed by atoms with van der Waals surface area (Å²) >= 11 is 0.